The van der Waals surface area contributed by atoms with Gasteiger partial charge in [-0.15, -0.1) is 0 Å². The molecule has 0 aliphatic rings. The predicted octanol–water partition coefficient (Wildman–Crippen LogP) is 24.5. The summed E-state index contributed by atoms with van der Waals surface area (Å²) in [4.78, 5) is 9.89. The highest BCUT2D eigenvalue weighted by atomic mass is 15.2. The molecule has 0 fully saturated rings. The number of hydrogen-bond donors (Lipinski definition) is 0. The summed E-state index contributed by atoms with van der Waals surface area (Å²) in [6.45, 7) is 1.29. The molecule has 0 saturated carbocycles. The van der Waals surface area contributed by atoms with Crippen LogP contribution in [0.5, 0.6) is 0 Å². The zero-order valence-electron chi connectivity index (χ0n) is 52.6. The van der Waals surface area contributed by atoms with Crippen molar-refractivity contribution in [1.29, 1.82) is 0 Å². The van der Waals surface area contributed by atoms with Gasteiger partial charge in [-0.05, 0) is 200 Å². The number of aromatic nitrogens is 2. The predicted molar refractivity (Wildman–Crippen MR) is 406 cm³/mol. The van der Waals surface area contributed by atoms with E-state index in [0.717, 1.165) is 90.0 Å². The normalized spacial score (nSPS) is 11.8. The number of para-hydroxylation sites is 4. The molecule has 0 saturated heterocycles. The molecule has 19 aromatic rings. The summed E-state index contributed by atoms with van der Waals surface area (Å²) in [6.07, 6.45) is 0. The van der Waals surface area contributed by atoms with E-state index < -0.39 is 0 Å². The van der Waals surface area contributed by atoms with Gasteiger partial charge in [-0.3, -0.25) is 0 Å². The van der Waals surface area contributed by atoms with E-state index in [2.05, 4.69) is 380 Å². The van der Waals surface area contributed by atoms with Crippen molar-refractivity contribution in [1.82, 2.24) is 8.80 Å². The Morgan fingerprint density at radius 3 is 0.854 bits per heavy atom. The number of nitrogens with zero attached hydrogens (tertiary/aromatic N) is 6. The SMILES string of the molecule is c1ccc(N(Cc2ccc3c(c2)c2c(N(c4ccccc4)c4ccc5ccccc5c4)ccc4c2n3c2ccc(N(c3ccccc3)c3ccc5ccccc5c3)c3c5cc(CN(c6ccccc6)c6ccc7ccccc7c6)ccc5n4c32)c2ccc3ccccc3c2)cc1. The maximum atomic E-state index is 2.60. The minimum absolute atomic E-state index is 0.644. The first-order valence-electron chi connectivity index (χ1n) is 33.1. The molecule has 0 atom stereocenters. The van der Waals surface area contributed by atoms with Gasteiger partial charge in [0.2, 0.25) is 0 Å². The van der Waals surface area contributed by atoms with Gasteiger partial charge < -0.3 is 28.4 Å². The summed E-state index contributed by atoms with van der Waals surface area (Å²) in [5.41, 5.74) is 20.3. The van der Waals surface area contributed by atoms with Crippen LogP contribution in [-0.4, -0.2) is 8.80 Å². The highest BCUT2D eigenvalue weighted by molar-refractivity contribution is 6.27. The first kappa shape index (κ1) is 55.0. The van der Waals surface area contributed by atoms with E-state index in [4.69, 9.17) is 0 Å². The summed E-state index contributed by atoms with van der Waals surface area (Å²) in [5.74, 6) is 0. The minimum Gasteiger partial charge on any atom is -0.337 e. The molecule has 0 bridgehead atoms. The van der Waals surface area contributed by atoms with Crippen LogP contribution >= 0.6 is 0 Å². The van der Waals surface area contributed by atoms with Crippen molar-refractivity contribution in [2.75, 3.05) is 19.6 Å². The second kappa shape index (κ2) is 22.6. The molecule has 0 unspecified atom stereocenters. The molecule has 0 aliphatic carbocycles. The molecular formula is C90H62N6. The maximum absolute atomic E-state index is 2.60. The lowest BCUT2D eigenvalue weighted by molar-refractivity contribution is 0.979. The third kappa shape index (κ3) is 9.17. The van der Waals surface area contributed by atoms with Gasteiger partial charge in [0.1, 0.15) is 0 Å². The molecule has 0 radical (unpaired) electrons. The van der Waals surface area contributed by atoms with Gasteiger partial charge in [0.05, 0.1) is 44.5 Å². The fraction of sp³-hybridized carbons (Fsp3) is 0.0222. The lowest BCUT2D eigenvalue weighted by Crippen LogP contribution is -2.16. The Hall–Kier alpha value is -12.6. The van der Waals surface area contributed by atoms with Crippen molar-refractivity contribution in [3.8, 4) is 0 Å². The molecule has 96 heavy (non-hydrogen) atoms. The van der Waals surface area contributed by atoms with Crippen molar-refractivity contribution in [3.63, 3.8) is 0 Å². The van der Waals surface area contributed by atoms with Gasteiger partial charge in [-0.2, -0.15) is 0 Å². The number of rotatable bonds is 14. The van der Waals surface area contributed by atoms with E-state index in [1.807, 2.05) is 0 Å². The summed E-state index contributed by atoms with van der Waals surface area (Å²) in [6, 6.07) is 130. The fourth-order valence-corrected chi connectivity index (χ4v) is 15.3. The van der Waals surface area contributed by atoms with E-state index in [-0.39, 0.29) is 0 Å². The van der Waals surface area contributed by atoms with Crippen LogP contribution in [0.25, 0.3) is 97.7 Å². The van der Waals surface area contributed by atoms with Gasteiger partial charge in [0, 0.05) is 80.1 Å². The molecule has 0 amide bonds. The van der Waals surface area contributed by atoms with E-state index in [0.29, 0.717) is 13.1 Å². The largest absolute Gasteiger partial charge is 0.337 e. The molecule has 0 spiro atoms. The van der Waals surface area contributed by atoms with Crippen LogP contribution in [-0.2, 0) is 13.1 Å². The molecule has 6 nitrogen and oxygen atoms in total. The van der Waals surface area contributed by atoms with Gasteiger partial charge in [0.25, 0.3) is 0 Å². The van der Waals surface area contributed by atoms with Crippen LogP contribution in [0, 0.1) is 0 Å². The zero-order valence-corrected chi connectivity index (χ0v) is 52.6. The number of anilines is 10. The fourth-order valence-electron chi connectivity index (χ4n) is 15.3. The minimum atomic E-state index is 0.644. The van der Waals surface area contributed by atoms with Gasteiger partial charge in [0.15, 0.2) is 0 Å². The monoisotopic (exact) mass is 1230 g/mol. The summed E-state index contributed by atoms with van der Waals surface area (Å²) < 4.78 is 5.20. The van der Waals surface area contributed by atoms with Gasteiger partial charge in [-0.1, -0.05) is 206 Å². The Bertz CT molecular complexity index is 5800. The maximum Gasteiger partial charge on any atom is 0.0804 e. The lowest BCUT2D eigenvalue weighted by atomic mass is 10.0. The Morgan fingerprint density at radius 2 is 0.500 bits per heavy atom. The third-order valence-electron chi connectivity index (χ3n) is 19.7. The highest BCUT2D eigenvalue weighted by Crippen LogP contribution is 2.51. The molecule has 6 heteroatoms. The van der Waals surface area contributed by atoms with Gasteiger partial charge in [-0.25, -0.2) is 0 Å². The quantitative estimate of drug-likeness (QED) is 0.101. The highest BCUT2D eigenvalue weighted by Gasteiger charge is 2.30. The lowest BCUT2D eigenvalue weighted by Gasteiger charge is -2.28. The summed E-state index contributed by atoms with van der Waals surface area (Å²) >= 11 is 0. The molecule has 3 aromatic heterocycles. The molecule has 0 N–H and O–H groups in total. The Labute approximate surface area is 555 Å². The average molecular weight is 1230 g/mol. The standard InChI is InChI=1S/C90H62N6/c1-5-29-71(30-6-1)91(75-43-39-63-21-13-17-25-67(63)55-75)59-61-37-47-81-79(53-61)87-83(93(73-33-9-3-10-34-73)77-45-41-65-23-15-19-27-69(65)57-77)49-51-85-89(87)95(81)86-52-50-84(94(74-35-11-4-12-36-74)78-46-42-66-24-16-20-28-70(66)58-78)88-80-54-62(38-48-82(80)96(85)90(86)88)60-92(72-31-7-2-8-32-72)76-44-40-64-22-14-18-26-68(64)56-76/h1-58H,59-60H2. The average Bonchev–Trinajstić information content (AvgIpc) is 1.51. The topological polar surface area (TPSA) is 21.8 Å². The van der Waals surface area contributed by atoms with Crippen LogP contribution in [0.1, 0.15) is 11.1 Å². The van der Waals surface area contributed by atoms with Crippen molar-refractivity contribution in [3.05, 3.63) is 363 Å². The second-order valence-corrected chi connectivity index (χ2v) is 25.3. The number of benzene rings is 16. The third-order valence-corrected chi connectivity index (χ3v) is 19.7. The Balaban J connectivity index is 0.905. The van der Waals surface area contributed by atoms with Crippen LogP contribution in [0.3, 0.4) is 0 Å². The molecular weight excluding hydrogens is 1170 g/mol. The first-order valence-corrected chi connectivity index (χ1v) is 33.1. The van der Waals surface area contributed by atoms with E-state index in [9.17, 15) is 0 Å². The van der Waals surface area contributed by atoms with E-state index in [1.54, 1.807) is 0 Å². The molecule has 452 valence electrons. The Kier molecular flexibility index (Phi) is 12.9. The summed E-state index contributed by atoms with van der Waals surface area (Å²) in [7, 11) is 0. The van der Waals surface area contributed by atoms with E-state index >= 15 is 0 Å². The molecule has 0 aliphatic heterocycles. The van der Waals surface area contributed by atoms with Crippen molar-refractivity contribution >= 4 is 155 Å². The molecule has 3 heterocycles. The van der Waals surface area contributed by atoms with E-state index in [1.165, 1.54) is 75.8 Å². The number of hydrogen-bond acceptors (Lipinski definition) is 4. The van der Waals surface area contributed by atoms with Crippen molar-refractivity contribution in [2.45, 2.75) is 13.1 Å². The van der Waals surface area contributed by atoms with Crippen LogP contribution in [0.4, 0.5) is 56.9 Å². The first-order chi connectivity index (χ1) is 47.6. The molecule has 19 rings (SSSR count). The van der Waals surface area contributed by atoms with Gasteiger partial charge >= 0.3 is 0 Å². The zero-order chi connectivity index (χ0) is 63.2. The second-order valence-electron chi connectivity index (χ2n) is 25.3. The van der Waals surface area contributed by atoms with Crippen LogP contribution in [0.2, 0.25) is 0 Å². The Morgan fingerprint density at radius 1 is 0.208 bits per heavy atom. The van der Waals surface area contributed by atoms with Crippen LogP contribution < -0.4 is 19.6 Å². The smallest absolute Gasteiger partial charge is 0.0804 e. The number of fused-ring (bicyclic) bond motifs is 12. The van der Waals surface area contributed by atoms with Crippen molar-refractivity contribution < 1.29 is 0 Å². The summed E-state index contributed by atoms with van der Waals surface area (Å²) in [5, 5.41) is 14.4. The van der Waals surface area contributed by atoms with Crippen LogP contribution in [0.15, 0.2) is 352 Å². The molecule has 16 aromatic carbocycles. The van der Waals surface area contributed by atoms with Crippen molar-refractivity contribution in [2.24, 2.45) is 0 Å².